The van der Waals surface area contributed by atoms with Crippen molar-refractivity contribution in [2.75, 3.05) is 13.6 Å². The molecule has 4 nitrogen and oxygen atoms in total. The van der Waals surface area contributed by atoms with Gasteiger partial charge >= 0.3 is 0 Å². The second-order valence-electron chi connectivity index (χ2n) is 5.09. The van der Waals surface area contributed by atoms with Gasteiger partial charge < -0.3 is 10.2 Å². The number of nitrogens with zero attached hydrogens (tertiary/aromatic N) is 2. The second kappa shape index (κ2) is 5.50. The zero-order chi connectivity index (χ0) is 14.1. The predicted octanol–water partition coefficient (Wildman–Crippen LogP) is 2.32. The third kappa shape index (κ3) is 2.43. The van der Waals surface area contributed by atoms with Gasteiger partial charge in [0.1, 0.15) is 0 Å². The van der Waals surface area contributed by atoms with Crippen LogP contribution in [0.15, 0.2) is 34.9 Å². The summed E-state index contributed by atoms with van der Waals surface area (Å²) in [6.07, 6.45) is 2.67. The Morgan fingerprint density at radius 3 is 3.05 bits per heavy atom. The number of benzene rings is 1. The molecule has 1 aromatic carbocycles. The molecule has 0 spiro atoms. The van der Waals surface area contributed by atoms with E-state index in [0.29, 0.717) is 6.54 Å². The van der Waals surface area contributed by atoms with E-state index in [1.807, 2.05) is 25.2 Å². The molecular formula is C15H16BrN3O. The number of hydrogen-bond acceptors (Lipinski definition) is 3. The number of hydrogen-bond donors (Lipinski definition) is 1. The molecule has 1 aliphatic heterocycles. The molecule has 0 saturated carbocycles. The molecule has 1 aromatic heterocycles. The maximum absolute atomic E-state index is 11.9. The van der Waals surface area contributed by atoms with Gasteiger partial charge in [-0.2, -0.15) is 0 Å². The van der Waals surface area contributed by atoms with Crippen molar-refractivity contribution in [1.82, 2.24) is 15.2 Å². The maximum atomic E-state index is 11.9. The van der Waals surface area contributed by atoms with Crippen LogP contribution in [0.2, 0.25) is 0 Å². The Balaban J connectivity index is 1.82. The first-order valence-corrected chi connectivity index (χ1v) is 7.46. The molecule has 0 radical (unpaired) electrons. The first-order chi connectivity index (χ1) is 9.66. The molecule has 20 heavy (non-hydrogen) atoms. The largest absolute Gasteiger partial charge is 0.344 e. The third-order valence-corrected chi connectivity index (χ3v) is 4.46. The molecule has 1 N–H and O–H groups in total. The molecule has 1 saturated heterocycles. The fraction of sp³-hybridized carbons (Fsp3) is 0.333. The number of likely N-dealkylation sites (tertiary alicyclic amines) is 1. The van der Waals surface area contributed by atoms with Gasteiger partial charge in [0.05, 0.1) is 11.6 Å². The maximum Gasteiger partial charge on any atom is 0.239 e. The van der Waals surface area contributed by atoms with Gasteiger partial charge in [0.25, 0.3) is 0 Å². The van der Waals surface area contributed by atoms with Crippen LogP contribution in [0.1, 0.15) is 12.0 Å². The molecule has 1 amide bonds. The van der Waals surface area contributed by atoms with Crippen molar-refractivity contribution in [2.45, 2.75) is 19.0 Å². The number of fused-ring (bicyclic) bond motifs is 1. The van der Waals surface area contributed by atoms with Crippen molar-refractivity contribution in [1.29, 1.82) is 0 Å². The summed E-state index contributed by atoms with van der Waals surface area (Å²) in [7, 11) is 1.85. The Bertz CT molecular complexity index is 659. The van der Waals surface area contributed by atoms with Gasteiger partial charge in [-0.15, -0.1) is 0 Å². The Morgan fingerprint density at radius 2 is 2.30 bits per heavy atom. The van der Waals surface area contributed by atoms with E-state index in [0.717, 1.165) is 33.9 Å². The quantitative estimate of drug-likeness (QED) is 0.937. The molecule has 1 aliphatic rings. The van der Waals surface area contributed by atoms with E-state index < -0.39 is 0 Å². The molecule has 5 heteroatoms. The van der Waals surface area contributed by atoms with E-state index in [-0.39, 0.29) is 11.9 Å². The zero-order valence-corrected chi connectivity index (χ0v) is 12.9. The number of carbonyl (C=O) groups excluding carboxylic acids is 1. The van der Waals surface area contributed by atoms with Crippen LogP contribution in [0.3, 0.4) is 0 Å². The topological polar surface area (TPSA) is 45.2 Å². The highest BCUT2D eigenvalue weighted by molar-refractivity contribution is 9.10. The molecule has 104 valence electrons. The van der Waals surface area contributed by atoms with Gasteiger partial charge in [-0.05, 0) is 24.1 Å². The first kappa shape index (κ1) is 13.5. The summed E-state index contributed by atoms with van der Waals surface area (Å²) >= 11 is 3.54. The fourth-order valence-corrected chi connectivity index (χ4v) is 3.04. The summed E-state index contributed by atoms with van der Waals surface area (Å²) < 4.78 is 1.04. The van der Waals surface area contributed by atoms with Gasteiger partial charge in [0.15, 0.2) is 0 Å². The number of amides is 1. The van der Waals surface area contributed by atoms with E-state index >= 15 is 0 Å². The minimum absolute atomic E-state index is 0.0672. The highest BCUT2D eigenvalue weighted by Gasteiger charge is 2.28. The molecule has 2 aromatic rings. The minimum Gasteiger partial charge on any atom is -0.344 e. The van der Waals surface area contributed by atoms with E-state index in [9.17, 15) is 4.79 Å². The fourth-order valence-electron chi connectivity index (χ4n) is 2.58. The monoisotopic (exact) mass is 333 g/mol. The lowest BCUT2D eigenvalue weighted by atomic mass is 10.1. The number of halogens is 1. The summed E-state index contributed by atoms with van der Waals surface area (Å²) in [4.78, 5) is 18.1. The predicted molar refractivity (Wildman–Crippen MR) is 82.3 cm³/mol. The van der Waals surface area contributed by atoms with E-state index in [4.69, 9.17) is 0 Å². The highest BCUT2D eigenvalue weighted by Crippen LogP contribution is 2.25. The number of nitrogens with one attached hydrogen (secondary N) is 1. The molecule has 1 atom stereocenters. The van der Waals surface area contributed by atoms with Crippen LogP contribution >= 0.6 is 15.9 Å². The third-order valence-electron chi connectivity index (χ3n) is 3.77. The summed E-state index contributed by atoms with van der Waals surface area (Å²) in [6.45, 7) is 1.49. The number of pyridine rings is 1. The van der Waals surface area contributed by atoms with Crippen molar-refractivity contribution in [3.63, 3.8) is 0 Å². The van der Waals surface area contributed by atoms with Gasteiger partial charge in [-0.25, -0.2) is 0 Å². The van der Waals surface area contributed by atoms with Gasteiger partial charge in [-0.1, -0.05) is 28.1 Å². The van der Waals surface area contributed by atoms with Gasteiger partial charge in [0.2, 0.25) is 5.91 Å². The van der Waals surface area contributed by atoms with E-state index in [1.54, 1.807) is 11.1 Å². The van der Waals surface area contributed by atoms with Crippen LogP contribution in [-0.4, -0.2) is 35.4 Å². The Morgan fingerprint density at radius 1 is 1.45 bits per heavy atom. The molecule has 0 aliphatic carbocycles. The van der Waals surface area contributed by atoms with Crippen molar-refractivity contribution >= 4 is 32.7 Å². The lowest BCUT2D eigenvalue weighted by Crippen LogP contribution is -2.36. The number of carbonyl (C=O) groups is 1. The molecular weight excluding hydrogens is 318 g/mol. The molecule has 1 fully saturated rings. The number of rotatable bonds is 3. The lowest BCUT2D eigenvalue weighted by Gasteiger charge is -2.13. The number of aromatic nitrogens is 1. The second-order valence-corrected chi connectivity index (χ2v) is 5.94. The molecule has 0 bridgehead atoms. The molecule has 2 heterocycles. The number of likely N-dealkylation sites (N-methyl/N-ethyl adjacent to an activating group) is 1. The van der Waals surface area contributed by atoms with E-state index in [2.05, 4.69) is 32.3 Å². The molecule has 1 unspecified atom stereocenters. The zero-order valence-electron chi connectivity index (χ0n) is 11.3. The Labute approximate surface area is 126 Å². The van der Waals surface area contributed by atoms with Crippen molar-refractivity contribution < 1.29 is 4.79 Å². The average Bonchev–Trinajstić information content (AvgIpc) is 2.79. The van der Waals surface area contributed by atoms with Crippen LogP contribution < -0.4 is 5.32 Å². The van der Waals surface area contributed by atoms with Crippen LogP contribution in [0.25, 0.3) is 10.9 Å². The lowest BCUT2D eigenvalue weighted by molar-refractivity contribution is -0.128. The van der Waals surface area contributed by atoms with Gasteiger partial charge in [-0.3, -0.25) is 9.78 Å². The smallest absolute Gasteiger partial charge is 0.239 e. The average molecular weight is 334 g/mol. The van der Waals surface area contributed by atoms with Crippen molar-refractivity contribution in [3.05, 3.63) is 40.5 Å². The first-order valence-electron chi connectivity index (χ1n) is 6.67. The highest BCUT2D eigenvalue weighted by atomic mass is 79.9. The summed E-state index contributed by atoms with van der Waals surface area (Å²) in [5.41, 5.74) is 2.10. The normalized spacial score (nSPS) is 19.0. The van der Waals surface area contributed by atoms with Crippen molar-refractivity contribution in [3.8, 4) is 0 Å². The van der Waals surface area contributed by atoms with Crippen molar-refractivity contribution in [2.24, 2.45) is 0 Å². The summed E-state index contributed by atoms with van der Waals surface area (Å²) in [6, 6.07) is 7.99. The SMILES string of the molecule is CN1CCC(NCc2ccc(Br)c3cccnc23)C1=O. The van der Waals surface area contributed by atoms with Gasteiger partial charge in [0, 0.05) is 36.2 Å². The standard InChI is InChI=1S/C15H16BrN3O/c1-19-8-6-13(15(19)20)18-9-10-4-5-12(16)11-3-2-7-17-14(10)11/h2-5,7,13,18H,6,8-9H2,1H3. The van der Waals surface area contributed by atoms with Crippen LogP contribution in [0.5, 0.6) is 0 Å². The summed E-state index contributed by atoms with van der Waals surface area (Å²) in [5.74, 6) is 0.180. The van der Waals surface area contributed by atoms with E-state index in [1.165, 1.54) is 0 Å². The minimum atomic E-state index is -0.0672. The Hall–Kier alpha value is -1.46. The van der Waals surface area contributed by atoms with Crippen LogP contribution in [-0.2, 0) is 11.3 Å². The Kier molecular flexibility index (Phi) is 3.72. The van der Waals surface area contributed by atoms with Crippen LogP contribution in [0, 0.1) is 0 Å². The summed E-state index contributed by atoms with van der Waals surface area (Å²) in [5, 5.41) is 4.44. The molecule has 3 rings (SSSR count). The van der Waals surface area contributed by atoms with Crippen LogP contribution in [0.4, 0.5) is 0 Å².